The Morgan fingerprint density at radius 1 is 1.29 bits per heavy atom. The fourth-order valence-corrected chi connectivity index (χ4v) is 3.83. The molecule has 2 rings (SSSR count). The van der Waals surface area contributed by atoms with Gasteiger partial charge in [-0.25, -0.2) is 0 Å². The summed E-state index contributed by atoms with van der Waals surface area (Å²) in [7, 11) is 0. The van der Waals surface area contributed by atoms with Gasteiger partial charge in [-0.2, -0.15) is 0 Å². The number of piperidine rings is 1. The SMILES string of the molecule is CC1(C(=O)N2CCCC(CBr)C2)CCCCC1. The van der Waals surface area contributed by atoms with Gasteiger partial charge in [0, 0.05) is 23.8 Å². The highest BCUT2D eigenvalue weighted by molar-refractivity contribution is 9.09. The van der Waals surface area contributed by atoms with Crippen molar-refractivity contribution in [1.29, 1.82) is 0 Å². The maximum atomic E-state index is 12.6. The van der Waals surface area contributed by atoms with Crippen molar-refractivity contribution in [3.8, 4) is 0 Å². The molecule has 98 valence electrons. The van der Waals surface area contributed by atoms with Crippen LogP contribution in [0.2, 0.25) is 0 Å². The van der Waals surface area contributed by atoms with E-state index in [2.05, 4.69) is 27.8 Å². The first kappa shape index (κ1) is 13.4. The molecule has 2 aliphatic rings. The molecule has 0 N–H and O–H groups in total. The summed E-state index contributed by atoms with van der Waals surface area (Å²) >= 11 is 3.56. The maximum absolute atomic E-state index is 12.6. The minimum atomic E-state index is -0.0492. The molecule has 1 saturated carbocycles. The van der Waals surface area contributed by atoms with Crippen LogP contribution in [0.3, 0.4) is 0 Å². The van der Waals surface area contributed by atoms with Crippen LogP contribution in [0.15, 0.2) is 0 Å². The minimum absolute atomic E-state index is 0.0492. The number of hydrogen-bond acceptors (Lipinski definition) is 1. The van der Waals surface area contributed by atoms with Crippen molar-refractivity contribution in [3.05, 3.63) is 0 Å². The molecule has 1 aliphatic heterocycles. The monoisotopic (exact) mass is 301 g/mol. The zero-order chi connectivity index (χ0) is 12.3. The number of likely N-dealkylation sites (tertiary alicyclic amines) is 1. The van der Waals surface area contributed by atoms with Gasteiger partial charge in [-0.3, -0.25) is 4.79 Å². The third kappa shape index (κ3) is 3.04. The first-order valence-electron chi connectivity index (χ1n) is 7.01. The van der Waals surface area contributed by atoms with Gasteiger partial charge in [0.25, 0.3) is 0 Å². The molecule has 0 aromatic heterocycles. The van der Waals surface area contributed by atoms with E-state index in [1.54, 1.807) is 0 Å². The van der Waals surface area contributed by atoms with E-state index < -0.39 is 0 Å². The van der Waals surface area contributed by atoms with E-state index in [4.69, 9.17) is 0 Å². The van der Waals surface area contributed by atoms with E-state index in [9.17, 15) is 4.79 Å². The van der Waals surface area contributed by atoms with Gasteiger partial charge >= 0.3 is 0 Å². The third-order valence-corrected chi connectivity index (χ3v) is 5.41. The summed E-state index contributed by atoms with van der Waals surface area (Å²) < 4.78 is 0. The summed E-state index contributed by atoms with van der Waals surface area (Å²) in [6, 6.07) is 0. The van der Waals surface area contributed by atoms with Crippen molar-refractivity contribution in [3.63, 3.8) is 0 Å². The quantitative estimate of drug-likeness (QED) is 0.714. The standard InChI is InChI=1S/C14H24BrNO/c1-14(7-3-2-4-8-14)13(17)16-9-5-6-12(10-15)11-16/h12H,2-11H2,1H3. The second kappa shape index (κ2) is 5.73. The van der Waals surface area contributed by atoms with E-state index in [1.165, 1.54) is 32.1 Å². The number of carbonyl (C=O) groups excluding carboxylic acids is 1. The lowest BCUT2D eigenvalue weighted by atomic mass is 9.74. The van der Waals surface area contributed by atoms with E-state index >= 15 is 0 Å². The van der Waals surface area contributed by atoms with Gasteiger partial charge in [0.05, 0.1) is 0 Å². The topological polar surface area (TPSA) is 20.3 Å². The average Bonchev–Trinajstić information content (AvgIpc) is 2.39. The third-order valence-electron chi connectivity index (χ3n) is 4.50. The largest absolute Gasteiger partial charge is 0.342 e. The number of rotatable bonds is 2. The van der Waals surface area contributed by atoms with Gasteiger partial charge in [0.1, 0.15) is 0 Å². The Morgan fingerprint density at radius 3 is 2.65 bits per heavy atom. The lowest BCUT2D eigenvalue weighted by Gasteiger charge is -2.40. The maximum Gasteiger partial charge on any atom is 0.228 e. The number of halogens is 1. The molecule has 1 atom stereocenters. The summed E-state index contributed by atoms with van der Waals surface area (Å²) in [4.78, 5) is 14.8. The van der Waals surface area contributed by atoms with E-state index in [0.29, 0.717) is 11.8 Å². The highest BCUT2D eigenvalue weighted by atomic mass is 79.9. The van der Waals surface area contributed by atoms with Gasteiger partial charge in [-0.05, 0) is 31.6 Å². The minimum Gasteiger partial charge on any atom is -0.342 e. The highest BCUT2D eigenvalue weighted by Gasteiger charge is 2.38. The van der Waals surface area contributed by atoms with Crippen LogP contribution >= 0.6 is 15.9 Å². The molecule has 2 fully saturated rings. The fourth-order valence-electron chi connectivity index (χ4n) is 3.30. The second-order valence-electron chi connectivity index (χ2n) is 6.04. The summed E-state index contributed by atoms with van der Waals surface area (Å²) in [6.07, 6.45) is 8.43. The fraction of sp³-hybridized carbons (Fsp3) is 0.929. The molecular weight excluding hydrogens is 278 g/mol. The molecule has 1 amide bonds. The van der Waals surface area contributed by atoms with Crippen molar-refractivity contribution >= 4 is 21.8 Å². The summed E-state index contributed by atoms with van der Waals surface area (Å²) in [5.41, 5.74) is -0.0492. The lowest BCUT2D eigenvalue weighted by molar-refractivity contribution is -0.144. The van der Waals surface area contributed by atoms with Crippen molar-refractivity contribution in [2.45, 2.75) is 51.9 Å². The molecule has 0 aromatic carbocycles. The molecule has 1 aliphatic carbocycles. The predicted octanol–water partition coefficient (Wildman–Crippen LogP) is 3.59. The van der Waals surface area contributed by atoms with Gasteiger partial charge < -0.3 is 4.90 Å². The van der Waals surface area contributed by atoms with E-state index in [1.807, 2.05) is 0 Å². The molecule has 0 bridgehead atoms. The van der Waals surface area contributed by atoms with E-state index in [0.717, 1.165) is 31.3 Å². The van der Waals surface area contributed by atoms with Crippen molar-refractivity contribution in [2.24, 2.45) is 11.3 Å². The van der Waals surface area contributed by atoms with Crippen molar-refractivity contribution in [1.82, 2.24) is 4.90 Å². The summed E-state index contributed by atoms with van der Waals surface area (Å²) in [5.74, 6) is 1.10. The number of hydrogen-bond donors (Lipinski definition) is 0. The Balaban J connectivity index is 1.98. The Kier molecular flexibility index (Phi) is 4.51. The number of amides is 1. The zero-order valence-corrected chi connectivity index (χ0v) is 12.5. The first-order valence-corrected chi connectivity index (χ1v) is 8.13. The summed E-state index contributed by atoms with van der Waals surface area (Å²) in [5, 5.41) is 1.04. The molecule has 0 spiro atoms. The van der Waals surface area contributed by atoms with Crippen molar-refractivity contribution < 1.29 is 4.79 Å². The Hall–Kier alpha value is -0.0500. The van der Waals surface area contributed by atoms with Gasteiger partial charge in [0.15, 0.2) is 0 Å². The molecule has 0 aromatic rings. The van der Waals surface area contributed by atoms with Crippen LogP contribution in [0.4, 0.5) is 0 Å². The Morgan fingerprint density at radius 2 is 2.00 bits per heavy atom. The molecule has 2 nitrogen and oxygen atoms in total. The summed E-state index contributed by atoms with van der Waals surface area (Å²) in [6.45, 7) is 4.14. The van der Waals surface area contributed by atoms with Crippen LogP contribution < -0.4 is 0 Å². The van der Waals surface area contributed by atoms with Gasteiger partial charge in [-0.15, -0.1) is 0 Å². The number of carbonyl (C=O) groups is 1. The molecule has 1 unspecified atom stereocenters. The normalized spacial score (nSPS) is 29.1. The van der Waals surface area contributed by atoms with Crippen LogP contribution in [-0.2, 0) is 4.79 Å². The van der Waals surface area contributed by atoms with Crippen molar-refractivity contribution in [2.75, 3.05) is 18.4 Å². The Bertz CT molecular complexity index is 273. The smallest absolute Gasteiger partial charge is 0.228 e. The van der Waals surface area contributed by atoms with Crippen LogP contribution in [-0.4, -0.2) is 29.2 Å². The second-order valence-corrected chi connectivity index (χ2v) is 6.68. The van der Waals surface area contributed by atoms with Gasteiger partial charge in [0.2, 0.25) is 5.91 Å². The van der Waals surface area contributed by atoms with Crippen LogP contribution in [0, 0.1) is 11.3 Å². The zero-order valence-electron chi connectivity index (χ0n) is 10.9. The predicted molar refractivity (Wildman–Crippen MR) is 74.3 cm³/mol. The molecule has 1 heterocycles. The highest BCUT2D eigenvalue weighted by Crippen LogP contribution is 2.38. The van der Waals surface area contributed by atoms with Crippen LogP contribution in [0.25, 0.3) is 0 Å². The molecule has 17 heavy (non-hydrogen) atoms. The molecular formula is C14H24BrNO. The van der Waals surface area contributed by atoms with Crippen LogP contribution in [0.5, 0.6) is 0 Å². The van der Waals surface area contributed by atoms with Crippen LogP contribution in [0.1, 0.15) is 51.9 Å². The number of nitrogens with zero attached hydrogens (tertiary/aromatic N) is 1. The molecule has 3 heteroatoms. The van der Waals surface area contributed by atoms with Gasteiger partial charge in [-0.1, -0.05) is 42.1 Å². The first-order chi connectivity index (χ1) is 8.15. The lowest BCUT2D eigenvalue weighted by Crippen LogP contribution is -2.48. The van der Waals surface area contributed by atoms with E-state index in [-0.39, 0.29) is 5.41 Å². The average molecular weight is 302 g/mol. The molecule has 1 saturated heterocycles. The Labute approximate surface area is 113 Å². The molecule has 0 radical (unpaired) electrons. The number of alkyl halides is 1.